The van der Waals surface area contributed by atoms with Crippen molar-refractivity contribution >= 4 is 11.9 Å². The molecular formula is C16H32N4O3. The summed E-state index contributed by atoms with van der Waals surface area (Å²) < 4.78 is 11.1. The molecule has 0 aliphatic carbocycles. The largest absolute Gasteiger partial charge is 0.379 e. The number of nitrogens with one attached hydrogen (secondary N) is 3. The first kappa shape index (κ1) is 19.7. The summed E-state index contributed by atoms with van der Waals surface area (Å²) in [5.41, 5.74) is -0.489. The van der Waals surface area contributed by atoms with Gasteiger partial charge in [0.2, 0.25) is 5.91 Å². The van der Waals surface area contributed by atoms with Gasteiger partial charge in [0.25, 0.3) is 0 Å². The summed E-state index contributed by atoms with van der Waals surface area (Å²) in [6.07, 6.45) is 3.43. The van der Waals surface area contributed by atoms with Crippen LogP contribution in [0.25, 0.3) is 0 Å². The van der Waals surface area contributed by atoms with Crippen molar-refractivity contribution in [1.29, 1.82) is 0 Å². The highest BCUT2D eigenvalue weighted by molar-refractivity contribution is 5.84. The maximum absolute atomic E-state index is 11.7. The smallest absolute Gasteiger partial charge is 0.227 e. The van der Waals surface area contributed by atoms with Gasteiger partial charge in [-0.2, -0.15) is 0 Å². The molecule has 134 valence electrons. The lowest BCUT2D eigenvalue weighted by atomic mass is 9.92. The second-order valence-electron chi connectivity index (χ2n) is 6.38. The second kappa shape index (κ2) is 10.4. The van der Waals surface area contributed by atoms with Crippen molar-refractivity contribution in [3.05, 3.63) is 0 Å². The predicted octanol–water partition coefficient (Wildman–Crippen LogP) is 0.509. The second-order valence-corrected chi connectivity index (χ2v) is 6.38. The molecule has 1 aliphatic rings. The van der Waals surface area contributed by atoms with Crippen LogP contribution in [0, 0.1) is 5.41 Å². The van der Waals surface area contributed by atoms with Crippen LogP contribution in [0.1, 0.15) is 33.1 Å². The molecule has 1 fully saturated rings. The van der Waals surface area contributed by atoms with Crippen molar-refractivity contribution in [2.45, 2.75) is 39.2 Å². The molecule has 1 aliphatic heterocycles. The molecule has 0 spiro atoms. The van der Waals surface area contributed by atoms with E-state index in [4.69, 9.17) is 9.47 Å². The average molecular weight is 328 g/mol. The molecule has 0 aromatic rings. The molecule has 1 amide bonds. The van der Waals surface area contributed by atoms with Crippen LogP contribution < -0.4 is 16.0 Å². The topological polar surface area (TPSA) is 84.0 Å². The van der Waals surface area contributed by atoms with Gasteiger partial charge in [-0.15, -0.1) is 0 Å². The van der Waals surface area contributed by atoms with Crippen LogP contribution in [0.4, 0.5) is 0 Å². The molecule has 0 aromatic heterocycles. The number of aliphatic imine (C=N–C) groups is 1. The number of hydrogen-bond acceptors (Lipinski definition) is 4. The Morgan fingerprint density at radius 2 is 2.17 bits per heavy atom. The van der Waals surface area contributed by atoms with E-state index in [9.17, 15) is 4.79 Å². The highest BCUT2D eigenvalue weighted by Gasteiger charge is 2.26. The third kappa shape index (κ3) is 7.65. The first-order valence-electron chi connectivity index (χ1n) is 8.35. The molecule has 1 saturated heterocycles. The van der Waals surface area contributed by atoms with Gasteiger partial charge in [0.1, 0.15) is 0 Å². The predicted molar refractivity (Wildman–Crippen MR) is 91.6 cm³/mol. The highest BCUT2D eigenvalue weighted by Crippen LogP contribution is 2.13. The summed E-state index contributed by atoms with van der Waals surface area (Å²) in [6.45, 7) is 7.33. The molecular weight excluding hydrogens is 296 g/mol. The summed E-state index contributed by atoms with van der Waals surface area (Å²) in [4.78, 5) is 15.9. The summed E-state index contributed by atoms with van der Waals surface area (Å²) in [5.74, 6) is 0.698. The standard InChI is InChI=1S/C16H32N4O3/c1-16(2,14(21)17-3)12-20-15(18-4)19-8-6-9-22-11-13-7-5-10-23-13/h13H,5-12H2,1-4H3,(H,17,21)(H2,18,19,20). The van der Waals surface area contributed by atoms with Gasteiger partial charge in [-0.25, -0.2) is 0 Å². The van der Waals surface area contributed by atoms with Crippen molar-refractivity contribution in [2.24, 2.45) is 10.4 Å². The normalized spacial score (nSPS) is 18.8. The lowest BCUT2D eigenvalue weighted by Crippen LogP contribution is -2.47. The molecule has 0 bridgehead atoms. The average Bonchev–Trinajstić information content (AvgIpc) is 3.05. The number of nitrogens with zero attached hydrogens (tertiary/aromatic N) is 1. The van der Waals surface area contributed by atoms with Gasteiger partial charge in [0, 0.05) is 40.4 Å². The number of amides is 1. The number of rotatable bonds is 9. The maximum atomic E-state index is 11.7. The van der Waals surface area contributed by atoms with Gasteiger partial charge in [0.15, 0.2) is 5.96 Å². The van der Waals surface area contributed by atoms with Crippen LogP contribution in [-0.2, 0) is 14.3 Å². The first-order chi connectivity index (χ1) is 11.0. The molecule has 0 saturated carbocycles. The van der Waals surface area contributed by atoms with Crippen molar-refractivity contribution in [2.75, 3.05) is 47.0 Å². The Kier molecular flexibility index (Phi) is 8.94. The Bertz CT molecular complexity index is 380. The zero-order valence-electron chi connectivity index (χ0n) is 14.9. The van der Waals surface area contributed by atoms with E-state index in [2.05, 4.69) is 20.9 Å². The van der Waals surface area contributed by atoms with Crippen LogP contribution in [0.5, 0.6) is 0 Å². The van der Waals surface area contributed by atoms with E-state index in [0.717, 1.165) is 32.4 Å². The van der Waals surface area contributed by atoms with E-state index in [1.165, 1.54) is 0 Å². The Balaban J connectivity index is 2.10. The highest BCUT2D eigenvalue weighted by atomic mass is 16.5. The molecule has 7 nitrogen and oxygen atoms in total. The van der Waals surface area contributed by atoms with E-state index in [-0.39, 0.29) is 12.0 Å². The monoisotopic (exact) mass is 328 g/mol. The van der Waals surface area contributed by atoms with Crippen molar-refractivity contribution < 1.29 is 14.3 Å². The minimum atomic E-state index is -0.489. The van der Waals surface area contributed by atoms with Crippen LogP contribution in [-0.4, -0.2) is 65.0 Å². The molecule has 7 heteroatoms. The molecule has 0 aromatic carbocycles. The van der Waals surface area contributed by atoms with Gasteiger partial charge in [-0.1, -0.05) is 0 Å². The van der Waals surface area contributed by atoms with Crippen molar-refractivity contribution in [3.8, 4) is 0 Å². The molecule has 1 atom stereocenters. The quantitative estimate of drug-likeness (QED) is 0.326. The van der Waals surface area contributed by atoms with Crippen LogP contribution >= 0.6 is 0 Å². The number of carbonyl (C=O) groups excluding carboxylic acids is 1. The van der Waals surface area contributed by atoms with Crippen molar-refractivity contribution in [3.63, 3.8) is 0 Å². The van der Waals surface area contributed by atoms with E-state index < -0.39 is 5.41 Å². The van der Waals surface area contributed by atoms with E-state index >= 15 is 0 Å². The molecule has 1 unspecified atom stereocenters. The Hall–Kier alpha value is -1.34. The Morgan fingerprint density at radius 3 is 2.78 bits per heavy atom. The fourth-order valence-corrected chi connectivity index (χ4v) is 2.32. The molecule has 3 N–H and O–H groups in total. The lowest BCUT2D eigenvalue weighted by Gasteiger charge is -2.24. The van der Waals surface area contributed by atoms with Crippen LogP contribution in [0.3, 0.4) is 0 Å². The van der Waals surface area contributed by atoms with Crippen molar-refractivity contribution in [1.82, 2.24) is 16.0 Å². The van der Waals surface area contributed by atoms with Gasteiger partial charge in [-0.3, -0.25) is 9.79 Å². The van der Waals surface area contributed by atoms with Gasteiger partial charge < -0.3 is 25.4 Å². The summed E-state index contributed by atoms with van der Waals surface area (Å²) in [7, 11) is 3.37. The minimum absolute atomic E-state index is 0.00276. The fourth-order valence-electron chi connectivity index (χ4n) is 2.32. The number of ether oxygens (including phenoxy) is 2. The van der Waals surface area contributed by atoms with Gasteiger partial charge in [-0.05, 0) is 33.1 Å². The number of carbonyl (C=O) groups is 1. The number of hydrogen-bond donors (Lipinski definition) is 3. The van der Waals surface area contributed by atoms with E-state index in [0.29, 0.717) is 25.7 Å². The molecule has 0 radical (unpaired) electrons. The zero-order valence-corrected chi connectivity index (χ0v) is 14.9. The molecule has 1 rings (SSSR count). The van der Waals surface area contributed by atoms with Crippen LogP contribution in [0.2, 0.25) is 0 Å². The Morgan fingerprint density at radius 1 is 1.39 bits per heavy atom. The van der Waals surface area contributed by atoms with Gasteiger partial charge in [0.05, 0.1) is 18.1 Å². The van der Waals surface area contributed by atoms with E-state index in [1.54, 1.807) is 14.1 Å². The Labute approximate surface area is 139 Å². The summed E-state index contributed by atoms with van der Waals surface area (Å²) >= 11 is 0. The van der Waals surface area contributed by atoms with E-state index in [1.807, 2.05) is 13.8 Å². The molecule has 1 heterocycles. The zero-order chi connectivity index (χ0) is 17.1. The maximum Gasteiger partial charge on any atom is 0.227 e. The third-order valence-electron chi connectivity index (χ3n) is 3.85. The van der Waals surface area contributed by atoms with Crippen LogP contribution in [0.15, 0.2) is 4.99 Å². The SMILES string of the molecule is CN=C(NCCCOCC1CCCO1)NCC(C)(C)C(=O)NC. The third-order valence-corrected chi connectivity index (χ3v) is 3.85. The summed E-state index contributed by atoms with van der Waals surface area (Å²) in [6, 6.07) is 0. The van der Waals surface area contributed by atoms with Gasteiger partial charge >= 0.3 is 0 Å². The fraction of sp³-hybridized carbons (Fsp3) is 0.875. The number of guanidine groups is 1. The minimum Gasteiger partial charge on any atom is -0.379 e. The lowest BCUT2D eigenvalue weighted by molar-refractivity contribution is -0.128. The first-order valence-corrected chi connectivity index (χ1v) is 8.35. The molecule has 23 heavy (non-hydrogen) atoms. The summed E-state index contributed by atoms with van der Waals surface area (Å²) in [5, 5.41) is 9.07.